The molecule has 3 aromatic rings. The Kier molecular flexibility index (Phi) is 7.01. The summed E-state index contributed by atoms with van der Waals surface area (Å²) in [6, 6.07) is 29.1. The predicted molar refractivity (Wildman–Crippen MR) is 133 cm³/mol. The summed E-state index contributed by atoms with van der Waals surface area (Å²) < 4.78 is 5.50. The van der Waals surface area contributed by atoms with Crippen LogP contribution in [0, 0.1) is 11.3 Å². The maximum Gasteiger partial charge on any atom is 0.407 e. The minimum absolute atomic E-state index is 0.0426. The lowest BCUT2D eigenvalue weighted by atomic mass is 9.69. The number of amides is 2. The van der Waals surface area contributed by atoms with Crippen LogP contribution in [0.4, 0.5) is 4.79 Å². The van der Waals surface area contributed by atoms with E-state index in [1.54, 1.807) is 0 Å². The van der Waals surface area contributed by atoms with Gasteiger partial charge in [0.15, 0.2) is 0 Å². The average Bonchev–Trinajstić information content (AvgIpc) is 2.84. The van der Waals surface area contributed by atoms with Gasteiger partial charge in [0, 0.05) is 6.54 Å². The Morgan fingerprint density at radius 1 is 0.882 bits per heavy atom. The number of likely N-dealkylation sites (tertiary alicyclic amines) is 1. The molecule has 176 valence electrons. The van der Waals surface area contributed by atoms with Gasteiger partial charge in [-0.2, -0.15) is 0 Å². The third kappa shape index (κ3) is 5.30. The molecule has 0 radical (unpaired) electrons. The molecule has 0 aromatic heterocycles. The van der Waals surface area contributed by atoms with Gasteiger partial charge >= 0.3 is 6.09 Å². The van der Waals surface area contributed by atoms with Gasteiger partial charge in [-0.15, -0.1) is 0 Å². The molecule has 2 amide bonds. The van der Waals surface area contributed by atoms with Crippen LogP contribution >= 0.6 is 0 Å². The molecular formula is C29H32N2O3. The first-order valence-electron chi connectivity index (χ1n) is 11.7. The second-order valence-corrected chi connectivity index (χ2v) is 9.88. The standard InChI is InChI=1S/C29H32N2O3/c1-29(2,3)26(30-28(33)34-20-22-15-9-5-10-16-22)24-25(23-17-11-6-12-18-23)31(27(24)32)19-21-13-7-4-8-14-21/h4-18,24-26H,19-20H2,1-3H3,(H,30,33)/t24-,25+,26+/m1/s1. The maximum absolute atomic E-state index is 13.5. The van der Waals surface area contributed by atoms with Crippen LogP contribution < -0.4 is 5.32 Å². The first-order chi connectivity index (χ1) is 16.3. The fourth-order valence-corrected chi connectivity index (χ4v) is 4.63. The highest BCUT2D eigenvalue weighted by Gasteiger charge is 2.54. The Bertz CT molecular complexity index is 1090. The van der Waals surface area contributed by atoms with Gasteiger partial charge in [0.2, 0.25) is 5.91 Å². The highest BCUT2D eigenvalue weighted by Crippen LogP contribution is 2.46. The molecule has 1 fully saturated rings. The third-order valence-electron chi connectivity index (χ3n) is 6.36. The number of alkyl carbamates (subject to hydrolysis) is 1. The quantitative estimate of drug-likeness (QED) is 0.462. The van der Waals surface area contributed by atoms with Crippen LogP contribution in [0.25, 0.3) is 0 Å². The molecule has 1 aliphatic heterocycles. The molecule has 1 N–H and O–H groups in total. The van der Waals surface area contributed by atoms with Crippen LogP contribution in [0.2, 0.25) is 0 Å². The largest absolute Gasteiger partial charge is 0.445 e. The highest BCUT2D eigenvalue weighted by atomic mass is 16.5. The molecule has 5 nitrogen and oxygen atoms in total. The fourth-order valence-electron chi connectivity index (χ4n) is 4.63. The molecule has 4 rings (SSSR count). The molecule has 0 bridgehead atoms. The molecule has 1 saturated heterocycles. The van der Waals surface area contributed by atoms with Gasteiger partial charge in [0.1, 0.15) is 6.61 Å². The van der Waals surface area contributed by atoms with Gasteiger partial charge in [-0.3, -0.25) is 4.79 Å². The number of carbonyl (C=O) groups is 2. The van der Waals surface area contributed by atoms with Crippen LogP contribution in [0.1, 0.15) is 43.5 Å². The molecule has 0 saturated carbocycles. The van der Waals surface area contributed by atoms with Gasteiger partial charge < -0.3 is 15.0 Å². The summed E-state index contributed by atoms with van der Waals surface area (Å²) in [4.78, 5) is 28.2. The summed E-state index contributed by atoms with van der Waals surface area (Å²) in [6.45, 7) is 6.86. The van der Waals surface area contributed by atoms with Crippen molar-refractivity contribution < 1.29 is 14.3 Å². The van der Waals surface area contributed by atoms with E-state index in [0.717, 1.165) is 16.7 Å². The zero-order chi connectivity index (χ0) is 24.1. The Morgan fingerprint density at radius 3 is 1.97 bits per heavy atom. The van der Waals surface area contributed by atoms with E-state index >= 15 is 0 Å². The van der Waals surface area contributed by atoms with Crippen molar-refractivity contribution in [3.63, 3.8) is 0 Å². The van der Waals surface area contributed by atoms with Crippen molar-refractivity contribution in [1.29, 1.82) is 0 Å². The van der Waals surface area contributed by atoms with Crippen LogP contribution in [0.15, 0.2) is 91.0 Å². The summed E-state index contributed by atoms with van der Waals surface area (Å²) in [5.41, 5.74) is 2.72. The Hall–Kier alpha value is -3.60. The van der Waals surface area contributed by atoms with Crippen LogP contribution in [0.3, 0.4) is 0 Å². The van der Waals surface area contributed by atoms with Gasteiger partial charge in [0.25, 0.3) is 0 Å². The number of hydrogen-bond acceptors (Lipinski definition) is 3. The van der Waals surface area contributed by atoms with Crippen molar-refractivity contribution >= 4 is 12.0 Å². The number of ether oxygens (including phenoxy) is 1. The number of nitrogens with one attached hydrogen (secondary N) is 1. The van der Waals surface area contributed by atoms with Crippen molar-refractivity contribution in [3.8, 4) is 0 Å². The van der Waals surface area contributed by atoms with Gasteiger partial charge in [-0.05, 0) is 22.1 Å². The topological polar surface area (TPSA) is 58.6 Å². The Balaban J connectivity index is 1.55. The van der Waals surface area contributed by atoms with Crippen LogP contribution in [0.5, 0.6) is 0 Å². The minimum Gasteiger partial charge on any atom is -0.445 e. The van der Waals surface area contributed by atoms with E-state index in [1.165, 1.54) is 0 Å². The molecule has 0 unspecified atom stereocenters. The summed E-state index contributed by atoms with van der Waals surface area (Å²) in [5.74, 6) is -0.337. The second-order valence-electron chi connectivity index (χ2n) is 9.88. The zero-order valence-corrected chi connectivity index (χ0v) is 20.0. The van der Waals surface area contributed by atoms with E-state index in [-0.39, 0.29) is 35.9 Å². The molecule has 3 aromatic carbocycles. The van der Waals surface area contributed by atoms with Crippen molar-refractivity contribution in [1.82, 2.24) is 10.2 Å². The van der Waals surface area contributed by atoms with Crippen LogP contribution in [-0.4, -0.2) is 22.9 Å². The van der Waals surface area contributed by atoms with Gasteiger partial charge in [-0.1, -0.05) is 112 Å². The summed E-state index contributed by atoms with van der Waals surface area (Å²) in [7, 11) is 0. The number of carbonyl (C=O) groups excluding carboxylic acids is 2. The van der Waals surface area contributed by atoms with E-state index < -0.39 is 6.09 Å². The third-order valence-corrected chi connectivity index (χ3v) is 6.36. The molecule has 3 atom stereocenters. The van der Waals surface area contributed by atoms with Gasteiger partial charge in [0.05, 0.1) is 18.0 Å². The first-order valence-corrected chi connectivity index (χ1v) is 11.7. The molecule has 5 heteroatoms. The molecule has 0 spiro atoms. The van der Waals surface area contributed by atoms with E-state index in [4.69, 9.17) is 4.74 Å². The average molecular weight is 457 g/mol. The smallest absolute Gasteiger partial charge is 0.407 e. The lowest BCUT2D eigenvalue weighted by Crippen LogP contribution is -2.64. The highest BCUT2D eigenvalue weighted by molar-refractivity contribution is 5.88. The second kappa shape index (κ2) is 10.1. The van der Waals surface area contributed by atoms with Crippen LogP contribution in [-0.2, 0) is 22.7 Å². The Morgan fingerprint density at radius 2 is 1.41 bits per heavy atom. The van der Waals surface area contributed by atoms with Crippen molar-refractivity contribution in [2.45, 2.75) is 46.0 Å². The fraction of sp³-hybridized carbons (Fsp3) is 0.310. The minimum atomic E-state index is -0.509. The van der Waals surface area contributed by atoms with Crippen molar-refractivity contribution in [3.05, 3.63) is 108 Å². The number of nitrogens with zero attached hydrogens (tertiary/aromatic N) is 1. The SMILES string of the molecule is CC(C)(C)[C@@H](NC(=O)OCc1ccccc1)[C@@H]1C(=O)N(Cc2ccccc2)[C@H]1c1ccccc1. The first kappa shape index (κ1) is 23.6. The molecule has 1 aliphatic rings. The zero-order valence-electron chi connectivity index (χ0n) is 20.0. The van der Waals surface area contributed by atoms with E-state index in [2.05, 4.69) is 17.4 Å². The van der Waals surface area contributed by atoms with Crippen molar-refractivity contribution in [2.75, 3.05) is 0 Å². The lowest BCUT2D eigenvalue weighted by molar-refractivity contribution is -0.163. The Labute approximate surface area is 201 Å². The molecule has 1 heterocycles. The summed E-state index contributed by atoms with van der Waals surface area (Å²) >= 11 is 0. The predicted octanol–water partition coefficient (Wildman–Crippen LogP) is 5.73. The van der Waals surface area contributed by atoms with Crippen molar-refractivity contribution in [2.24, 2.45) is 11.3 Å². The number of rotatable bonds is 7. The normalized spacial score (nSPS) is 18.7. The number of benzene rings is 3. The van der Waals surface area contributed by atoms with E-state index in [9.17, 15) is 9.59 Å². The molecule has 34 heavy (non-hydrogen) atoms. The number of hydrogen-bond donors (Lipinski definition) is 1. The van der Waals surface area contributed by atoms with Gasteiger partial charge in [-0.25, -0.2) is 4.79 Å². The number of β-lactam (4-membered cyclic amide) rings is 1. The molecular weight excluding hydrogens is 424 g/mol. The lowest BCUT2D eigenvalue weighted by Gasteiger charge is -2.53. The summed E-state index contributed by atoms with van der Waals surface area (Å²) in [5, 5.41) is 3.04. The maximum atomic E-state index is 13.5. The summed E-state index contributed by atoms with van der Waals surface area (Å²) in [6.07, 6.45) is -0.509. The van der Waals surface area contributed by atoms with E-state index in [0.29, 0.717) is 6.54 Å². The van der Waals surface area contributed by atoms with E-state index in [1.807, 2.05) is 105 Å². The monoisotopic (exact) mass is 456 g/mol. The molecule has 0 aliphatic carbocycles.